The molecule has 0 aromatic carbocycles. The van der Waals surface area contributed by atoms with Crippen LogP contribution < -0.4 is 11.1 Å². The topological polar surface area (TPSA) is 73.6 Å². The molecule has 1 aliphatic carbocycles. The van der Waals surface area contributed by atoms with E-state index in [-0.39, 0.29) is 23.5 Å². The van der Waals surface area contributed by atoms with Crippen LogP contribution in [0.5, 0.6) is 0 Å². The number of carbonyl (C=O) groups excluding carboxylic acids is 1. The van der Waals surface area contributed by atoms with Crippen molar-refractivity contribution in [3.63, 3.8) is 0 Å². The van der Waals surface area contributed by atoms with E-state index >= 15 is 0 Å². The number of hydrogen-bond acceptors (Lipinski definition) is 4. The van der Waals surface area contributed by atoms with Crippen LogP contribution in [-0.2, 0) is 14.3 Å². The fourth-order valence-electron chi connectivity index (χ4n) is 2.73. The molecule has 1 rings (SSSR count). The molecular weight excluding hydrogens is 268 g/mol. The lowest BCUT2D eigenvalue weighted by atomic mass is 9.54. The molecule has 0 saturated heterocycles. The van der Waals surface area contributed by atoms with Crippen LogP contribution in [0.1, 0.15) is 53.9 Å². The van der Waals surface area contributed by atoms with Crippen molar-refractivity contribution in [1.29, 1.82) is 0 Å². The van der Waals surface area contributed by atoms with E-state index in [1.54, 1.807) is 0 Å². The predicted molar refractivity (Wildman–Crippen MR) is 84.1 cm³/mol. The smallest absolute Gasteiger partial charge is 0.240 e. The summed E-state index contributed by atoms with van der Waals surface area (Å²) in [5.74, 6) is -0.0618. The van der Waals surface area contributed by atoms with Crippen LogP contribution in [0.25, 0.3) is 0 Å². The first-order valence-electron chi connectivity index (χ1n) is 8.06. The number of unbranched alkanes of at least 4 members (excludes halogenated alkanes) is 1. The number of nitrogens with one attached hydrogen (secondary N) is 1. The Balaban J connectivity index is 2.29. The molecule has 0 aromatic heterocycles. The standard InChI is InChI=1S/C16H32N2O3/c1-6-20-13-11-16(17,15(13,4)5)14(19)18-9-7-8-10-21-12(2)3/h12-13H,6-11,17H2,1-5H3,(H,18,19). The maximum Gasteiger partial charge on any atom is 0.240 e. The summed E-state index contributed by atoms with van der Waals surface area (Å²) in [4.78, 5) is 12.3. The highest BCUT2D eigenvalue weighted by Gasteiger charge is 2.62. The lowest BCUT2D eigenvalue weighted by Gasteiger charge is -2.57. The van der Waals surface area contributed by atoms with E-state index in [0.717, 1.165) is 19.4 Å². The molecule has 0 bridgehead atoms. The predicted octanol–water partition coefficient (Wildman–Crippen LogP) is 1.84. The van der Waals surface area contributed by atoms with Gasteiger partial charge in [-0.25, -0.2) is 0 Å². The highest BCUT2D eigenvalue weighted by molar-refractivity contribution is 5.88. The molecule has 1 aliphatic rings. The zero-order valence-corrected chi connectivity index (χ0v) is 14.2. The molecule has 1 saturated carbocycles. The number of hydrogen-bond donors (Lipinski definition) is 2. The number of rotatable bonds is 9. The number of nitrogens with two attached hydrogens (primary N) is 1. The molecule has 0 heterocycles. The molecule has 0 spiro atoms. The van der Waals surface area contributed by atoms with Gasteiger partial charge in [0.05, 0.1) is 12.2 Å². The zero-order chi connectivity index (χ0) is 16.1. The average Bonchev–Trinajstić information content (AvgIpc) is 2.41. The van der Waals surface area contributed by atoms with E-state index in [1.165, 1.54) is 0 Å². The summed E-state index contributed by atoms with van der Waals surface area (Å²) in [5, 5.41) is 2.96. The first-order valence-corrected chi connectivity index (χ1v) is 8.06. The normalized spacial score (nSPS) is 27.5. The van der Waals surface area contributed by atoms with Gasteiger partial charge in [0.2, 0.25) is 5.91 Å². The fourth-order valence-corrected chi connectivity index (χ4v) is 2.73. The molecule has 124 valence electrons. The van der Waals surface area contributed by atoms with Crippen molar-refractivity contribution in [1.82, 2.24) is 5.32 Å². The van der Waals surface area contributed by atoms with Gasteiger partial charge in [0.15, 0.2) is 0 Å². The Kier molecular flexibility index (Phi) is 6.63. The van der Waals surface area contributed by atoms with Gasteiger partial charge in [-0.05, 0) is 33.6 Å². The van der Waals surface area contributed by atoms with Crippen LogP contribution >= 0.6 is 0 Å². The molecule has 21 heavy (non-hydrogen) atoms. The van der Waals surface area contributed by atoms with E-state index in [1.807, 2.05) is 34.6 Å². The Morgan fingerprint density at radius 2 is 2.05 bits per heavy atom. The summed E-state index contributed by atoms with van der Waals surface area (Å²) in [5.41, 5.74) is 5.16. The zero-order valence-electron chi connectivity index (χ0n) is 14.2. The third kappa shape index (κ3) is 4.18. The lowest BCUT2D eigenvalue weighted by Crippen LogP contribution is -2.75. The van der Waals surface area contributed by atoms with Gasteiger partial charge < -0.3 is 20.5 Å². The average molecular weight is 300 g/mol. The Labute approximate surface area is 128 Å². The number of carbonyl (C=O) groups is 1. The van der Waals surface area contributed by atoms with Gasteiger partial charge in [0.1, 0.15) is 5.54 Å². The molecule has 3 N–H and O–H groups in total. The van der Waals surface area contributed by atoms with Gasteiger partial charge >= 0.3 is 0 Å². The molecule has 0 aliphatic heterocycles. The number of ether oxygens (including phenoxy) is 2. The largest absolute Gasteiger partial charge is 0.379 e. The van der Waals surface area contributed by atoms with Crippen LogP contribution in [0.15, 0.2) is 0 Å². The monoisotopic (exact) mass is 300 g/mol. The van der Waals surface area contributed by atoms with Gasteiger partial charge in [-0.3, -0.25) is 4.79 Å². The van der Waals surface area contributed by atoms with Crippen molar-refractivity contribution in [3.8, 4) is 0 Å². The van der Waals surface area contributed by atoms with Gasteiger partial charge in [-0.1, -0.05) is 13.8 Å². The van der Waals surface area contributed by atoms with Crippen LogP contribution in [0.3, 0.4) is 0 Å². The van der Waals surface area contributed by atoms with Gasteiger partial charge in [0, 0.05) is 31.6 Å². The summed E-state index contributed by atoms with van der Waals surface area (Å²) in [6, 6.07) is 0. The second-order valence-corrected chi connectivity index (χ2v) is 6.72. The third-order valence-electron chi connectivity index (χ3n) is 4.54. The SMILES string of the molecule is CCOC1CC(N)(C(=O)NCCCCOC(C)C)C1(C)C. The number of amides is 1. The third-order valence-corrected chi connectivity index (χ3v) is 4.54. The quantitative estimate of drug-likeness (QED) is 0.637. The maximum absolute atomic E-state index is 12.3. The van der Waals surface area contributed by atoms with E-state index in [4.69, 9.17) is 15.2 Å². The molecule has 1 fully saturated rings. The van der Waals surface area contributed by atoms with E-state index < -0.39 is 5.54 Å². The molecule has 5 nitrogen and oxygen atoms in total. The van der Waals surface area contributed by atoms with Gasteiger partial charge in [-0.2, -0.15) is 0 Å². The van der Waals surface area contributed by atoms with Crippen LogP contribution in [0, 0.1) is 5.41 Å². The van der Waals surface area contributed by atoms with Crippen molar-refractivity contribution in [3.05, 3.63) is 0 Å². The van der Waals surface area contributed by atoms with Crippen LogP contribution in [-0.4, -0.2) is 43.4 Å². The minimum atomic E-state index is -0.818. The summed E-state index contributed by atoms with van der Waals surface area (Å²) < 4.78 is 11.1. The molecular formula is C16H32N2O3. The summed E-state index contributed by atoms with van der Waals surface area (Å²) in [7, 11) is 0. The molecule has 5 heteroatoms. The molecule has 2 unspecified atom stereocenters. The molecule has 1 amide bonds. The molecule has 0 radical (unpaired) electrons. The van der Waals surface area contributed by atoms with Crippen LogP contribution in [0.4, 0.5) is 0 Å². The van der Waals surface area contributed by atoms with E-state index in [9.17, 15) is 4.79 Å². The summed E-state index contributed by atoms with van der Waals surface area (Å²) >= 11 is 0. The van der Waals surface area contributed by atoms with Gasteiger partial charge in [0.25, 0.3) is 0 Å². The second-order valence-electron chi connectivity index (χ2n) is 6.72. The second kappa shape index (κ2) is 7.56. The Morgan fingerprint density at radius 1 is 1.38 bits per heavy atom. The highest BCUT2D eigenvalue weighted by atomic mass is 16.5. The minimum absolute atomic E-state index is 0.0618. The minimum Gasteiger partial charge on any atom is -0.379 e. The summed E-state index contributed by atoms with van der Waals surface area (Å²) in [6.07, 6.45) is 2.77. The molecule has 2 atom stereocenters. The highest BCUT2D eigenvalue weighted by Crippen LogP contribution is 2.49. The Morgan fingerprint density at radius 3 is 2.57 bits per heavy atom. The maximum atomic E-state index is 12.3. The molecule has 0 aromatic rings. The Hall–Kier alpha value is -0.650. The first kappa shape index (κ1) is 18.4. The Bertz CT molecular complexity index is 344. The first-order chi connectivity index (χ1) is 9.75. The fraction of sp³-hybridized carbons (Fsp3) is 0.938. The van der Waals surface area contributed by atoms with E-state index in [0.29, 0.717) is 19.6 Å². The van der Waals surface area contributed by atoms with Crippen molar-refractivity contribution < 1.29 is 14.3 Å². The van der Waals surface area contributed by atoms with Crippen molar-refractivity contribution in [2.45, 2.75) is 71.6 Å². The lowest BCUT2D eigenvalue weighted by molar-refractivity contribution is -0.170. The van der Waals surface area contributed by atoms with Gasteiger partial charge in [-0.15, -0.1) is 0 Å². The van der Waals surface area contributed by atoms with Crippen molar-refractivity contribution in [2.24, 2.45) is 11.1 Å². The van der Waals surface area contributed by atoms with E-state index in [2.05, 4.69) is 5.32 Å². The van der Waals surface area contributed by atoms with Crippen LogP contribution in [0.2, 0.25) is 0 Å². The summed E-state index contributed by atoms with van der Waals surface area (Å²) in [6.45, 7) is 12.1. The van der Waals surface area contributed by atoms with Crippen molar-refractivity contribution >= 4 is 5.91 Å². The van der Waals surface area contributed by atoms with Crippen molar-refractivity contribution in [2.75, 3.05) is 19.8 Å².